The fourth-order valence-corrected chi connectivity index (χ4v) is 1.93. The van der Waals surface area contributed by atoms with Gasteiger partial charge in [0.25, 0.3) is 0 Å². The number of carbonyl (C=O) groups excluding carboxylic acids is 1. The van der Waals surface area contributed by atoms with Crippen LogP contribution in [0.3, 0.4) is 0 Å². The second-order valence-electron chi connectivity index (χ2n) is 4.70. The molecule has 88 valence electrons. The molecule has 0 radical (unpaired) electrons. The molecule has 0 spiro atoms. The number of hydrogen-bond donors (Lipinski definition) is 2. The van der Waals surface area contributed by atoms with E-state index in [0.29, 0.717) is 25.0 Å². The van der Waals surface area contributed by atoms with Gasteiger partial charge in [0.1, 0.15) is 0 Å². The molecule has 1 aliphatic rings. The monoisotopic (exact) mass is 213 g/mol. The summed E-state index contributed by atoms with van der Waals surface area (Å²) in [5, 5.41) is 2.93. The van der Waals surface area contributed by atoms with Crippen LogP contribution in [-0.4, -0.2) is 43.0 Å². The lowest BCUT2D eigenvalue weighted by Gasteiger charge is -2.22. The molecule has 1 heterocycles. The Hall–Kier alpha value is -0.610. The van der Waals surface area contributed by atoms with Crippen LogP contribution in [0.5, 0.6) is 0 Å². The van der Waals surface area contributed by atoms with E-state index < -0.39 is 0 Å². The molecule has 1 fully saturated rings. The largest absolute Gasteiger partial charge is 0.355 e. The van der Waals surface area contributed by atoms with Crippen LogP contribution >= 0.6 is 0 Å². The second kappa shape index (κ2) is 6.08. The first-order valence-electron chi connectivity index (χ1n) is 5.84. The predicted molar refractivity (Wildman–Crippen MR) is 61.5 cm³/mol. The smallest absolute Gasteiger partial charge is 0.234 e. The van der Waals surface area contributed by atoms with Crippen LogP contribution < -0.4 is 11.1 Å². The van der Waals surface area contributed by atoms with Gasteiger partial charge >= 0.3 is 0 Å². The maximum Gasteiger partial charge on any atom is 0.234 e. The molecule has 4 heteroatoms. The van der Waals surface area contributed by atoms with Crippen molar-refractivity contribution in [3.63, 3.8) is 0 Å². The zero-order valence-electron chi connectivity index (χ0n) is 9.83. The lowest BCUT2D eigenvalue weighted by Crippen LogP contribution is -2.43. The van der Waals surface area contributed by atoms with E-state index in [1.54, 1.807) is 0 Å². The maximum absolute atomic E-state index is 11.6. The van der Waals surface area contributed by atoms with Crippen molar-refractivity contribution in [1.82, 2.24) is 10.2 Å². The quantitative estimate of drug-likeness (QED) is 0.685. The molecular formula is C11H23N3O. The van der Waals surface area contributed by atoms with Crippen molar-refractivity contribution < 1.29 is 4.79 Å². The van der Waals surface area contributed by atoms with E-state index in [0.717, 1.165) is 19.5 Å². The standard InChI is InChI=1S/C11H23N3O/c1-9(2)7-13-11(15)8-14-5-3-4-10(14)6-12/h9-10H,3-8,12H2,1-2H3,(H,13,15). The van der Waals surface area contributed by atoms with Gasteiger partial charge in [-0.2, -0.15) is 0 Å². The Kier molecular flexibility index (Phi) is 5.05. The molecule has 0 saturated carbocycles. The number of likely N-dealkylation sites (tertiary alicyclic amines) is 1. The zero-order valence-corrected chi connectivity index (χ0v) is 9.83. The van der Waals surface area contributed by atoms with E-state index >= 15 is 0 Å². The van der Waals surface area contributed by atoms with Crippen LogP contribution in [0, 0.1) is 5.92 Å². The molecule has 1 aliphatic heterocycles. The summed E-state index contributed by atoms with van der Waals surface area (Å²) in [6, 6.07) is 0.412. The maximum atomic E-state index is 11.6. The summed E-state index contributed by atoms with van der Waals surface area (Å²) in [5.74, 6) is 0.641. The third-order valence-electron chi connectivity index (χ3n) is 2.83. The van der Waals surface area contributed by atoms with Crippen LogP contribution in [0.25, 0.3) is 0 Å². The van der Waals surface area contributed by atoms with Gasteiger partial charge in [-0.3, -0.25) is 9.69 Å². The number of rotatable bonds is 5. The molecule has 4 nitrogen and oxygen atoms in total. The average molecular weight is 213 g/mol. The van der Waals surface area contributed by atoms with E-state index in [-0.39, 0.29) is 5.91 Å². The van der Waals surface area contributed by atoms with Gasteiger partial charge in [0, 0.05) is 19.1 Å². The molecule has 0 bridgehead atoms. The van der Waals surface area contributed by atoms with Crippen molar-refractivity contribution in [2.24, 2.45) is 11.7 Å². The molecule has 1 rings (SSSR count). The SMILES string of the molecule is CC(C)CNC(=O)CN1CCCC1CN. The van der Waals surface area contributed by atoms with Crippen molar-refractivity contribution in [3.8, 4) is 0 Å². The van der Waals surface area contributed by atoms with E-state index in [1.807, 2.05) is 0 Å². The Morgan fingerprint density at radius 2 is 2.33 bits per heavy atom. The highest BCUT2D eigenvalue weighted by Gasteiger charge is 2.24. The van der Waals surface area contributed by atoms with Gasteiger partial charge in [-0.05, 0) is 25.3 Å². The lowest BCUT2D eigenvalue weighted by molar-refractivity contribution is -0.122. The van der Waals surface area contributed by atoms with Crippen molar-refractivity contribution in [2.75, 3.05) is 26.2 Å². The molecule has 3 N–H and O–H groups in total. The Bertz CT molecular complexity index is 206. The van der Waals surface area contributed by atoms with E-state index in [9.17, 15) is 4.79 Å². The highest BCUT2D eigenvalue weighted by molar-refractivity contribution is 5.78. The Morgan fingerprint density at radius 3 is 2.93 bits per heavy atom. The zero-order chi connectivity index (χ0) is 11.3. The first-order chi connectivity index (χ1) is 7.13. The molecule has 0 aromatic carbocycles. The van der Waals surface area contributed by atoms with Crippen LogP contribution in [-0.2, 0) is 4.79 Å². The highest BCUT2D eigenvalue weighted by atomic mass is 16.2. The second-order valence-corrected chi connectivity index (χ2v) is 4.70. The summed E-state index contributed by atoms with van der Waals surface area (Å²) in [6.45, 7) is 7.14. The van der Waals surface area contributed by atoms with E-state index in [4.69, 9.17) is 5.73 Å². The number of amides is 1. The molecule has 0 aromatic rings. The molecule has 0 aliphatic carbocycles. The lowest BCUT2D eigenvalue weighted by atomic mass is 10.2. The van der Waals surface area contributed by atoms with Crippen LogP contribution in [0.4, 0.5) is 0 Å². The Labute approximate surface area is 92.2 Å². The molecule has 1 unspecified atom stereocenters. The third kappa shape index (κ3) is 4.18. The van der Waals surface area contributed by atoms with Crippen molar-refractivity contribution in [1.29, 1.82) is 0 Å². The molecule has 1 amide bonds. The normalized spacial score (nSPS) is 22.3. The first kappa shape index (κ1) is 12.5. The fourth-order valence-electron chi connectivity index (χ4n) is 1.93. The minimum atomic E-state index is 0.129. The summed E-state index contributed by atoms with van der Waals surface area (Å²) in [7, 11) is 0. The number of carbonyl (C=O) groups is 1. The minimum absolute atomic E-state index is 0.129. The number of nitrogens with two attached hydrogens (primary N) is 1. The van der Waals surface area contributed by atoms with E-state index in [1.165, 1.54) is 6.42 Å². The fraction of sp³-hybridized carbons (Fsp3) is 0.909. The minimum Gasteiger partial charge on any atom is -0.355 e. The van der Waals surface area contributed by atoms with Crippen LogP contribution in [0.1, 0.15) is 26.7 Å². The number of hydrogen-bond acceptors (Lipinski definition) is 3. The predicted octanol–water partition coefficient (Wildman–Crippen LogP) is 0.182. The molecule has 0 aromatic heterocycles. The highest BCUT2D eigenvalue weighted by Crippen LogP contribution is 2.14. The molecule has 1 saturated heterocycles. The molecule has 15 heavy (non-hydrogen) atoms. The average Bonchev–Trinajstić information content (AvgIpc) is 2.62. The van der Waals surface area contributed by atoms with E-state index in [2.05, 4.69) is 24.1 Å². The third-order valence-corrected chi connectivity index (χ3v) is 2.83. The molecule has 1 atom stereocenters. The van der Waals surface area contributed by atoms with Gasteiger partial charge in [0.05, 0.1) is 6.54 Å². The first-order valence-corrected chi connectivity index (χ1v) is 5.84. The van der Waals surface area contributed by atoms with Gasteiger partial charge in [-0.15, -0.1) is 0 Å². The number of nitrogens with zero attached hydrogens (tertiary/aromatic N) is 1. The molecular weight excluding hydrogens is 190 g/mol. The Balaban J connectivity index is 2.24. The van der Waals surface area contributed by atoms with Crippen molar-refractivity contribution >= 4 is 5.91 Å². The summed E-state index contributed by atoms with van der Waals surface area (Å²) in [4.78, 5) is 13.8. The van der Waals surface area contributed by atoms with Gasteiger partial charge in [0.2, 0.25) is 5.91 Å². The van der Waals surface area contributed by atoms with Crippen LogP contribution in [0.15, 0.2) is 0 Å². The van der Waals surface area contributed by atoms with Crippen molar-refractivity contribution in [3.05, 3.63) is 0 Å². The summed E-state index contributed by atoms with van der Waals surface area (Å²) in [5.41, 5.74) is 5.65. The van der Waals surface area contributed by atoms with Gasteiger partial charge < -0.3 is 11.1 Å². The van der Waals surface area contributed by atoms with Crippen LogP contribution in [0.2, 0.25) is 0 Å². The van der Waals surface area contributed by atoms with Gasteiger partial charge in [0.15, 0.2) is 0 Å². The number of nitrogens with one attached hydrogen (secondary N) is 1. The topological polar surface area (TPSA) is 58.4 Å². The summed E-state index contributed by atoms with van der Waals surface area (Å²) in [6.07, 6.45) is 2.30. The van der Waals surface area contributed by atoms with Crippen molar-refractivity contribution in [2.45, 2.75) is 32.7 Å². The summed E-state index contributed by atoms with van der Waals surface area (Å²) >= 11 is 0. The Morgan fingerprint density at radius 1 is 1.60 bits per heavy atom. The van der Waals surface area contributed by atoms with Gasteiger partial charge in [-0.25, -0.2) is 0 Å². The summed E-state index contributed by atoms with van der Waals surface area (Å²) < 4.78 is 0. The van der Waals surface area contributed by atoms with Gasteiger partial charge in [-0.1, -0.05) is 13.8 Å².